The summed E-state index contributed by atoms with van der Waals surface area (Å²) in [7, 11) is 0. The number of nitriles is 1. The molecule has 0 amide bonds. The van der Waals surface area contributed by atoms with Crippen LogP contribution in [0.5, 0.6) is 0 Å². The summed E-state index contributed by atoms with van der Waals surface area (Å²) < 4.78 is 7.13. The van der Waals surface area contributed by atoms with Crippen LogP contribution in [0.3, 0.4) is 0 Å². The fraction of sp³-hybridized carbons (Fsp3) is 0.542. The largest absolute Gasteiger partial charge is 0.375 e. The number of hydrogen-bond donors (Lipinski definition) is 0. The molecule has 1 unspecified atom stereocenters. The smallest absolute Gasteiger partial charge is 0.154 e. The van der Waals surface area contributed by atoms with Crippen molar-refractivity contribution in [3.8, 4) is 6.07 Å². The van der Waals surface area contributed by atoms with Crippen molar-refractivity contribution in [2.45, 2.75) is 75.2 Å². The van der Waals surface area contributed by atoms with Crippen LogP contribution in [0.4, 0.5) is 0 Å². The predicted molar refractivity (Wildman–Crippen MR) is 117 cm³/mol. The number of halogens is 1. The molecule has 152 valence electrons. The van der Waals surface area contributed by atoms with Crippen LogP contribution < -0.4 is 0 Å². The van der Waals surface area contributed by atoms with Crippen molar-refractivity contribution in [2.24, 2.45) is 0 Å². The molecule has 1 atom stereocenters. The van der Waals surface area contributed by atoms with Crippen LogP contribution in [0.2, 0.25) is 0 Å². The van der Waals surface area contributed by atoms with Crippen molar-refractivity contribution < 1.29 is 4.74 Å². The van der Waals surface area contributed by atoms with Crippen LogP contribution in [-0.2, 0) is 16.6 Å². The number of hydrogen-bond acceptors (Lipinski definition) is 4. The van der Waals surface area contributed by atoms with E-state index in [2.05, 4.69) is 39.1 Å². The maximum Gasteiger partial charge on any atom is 0.154 e. The summed E-state index contributed by atoms with van der Waals surface area (Å²) in [6.45, 7) is 0.850. The molecular weight excluding hydrogens is 426 g/mol. The zero-order valence-corrected chi connectivity index (χ0v) is 18.5. The van der Waals surface area contributed by atoms with Gasteiger partial charge in [-0.3, -0.25) is 4.98 Å². The first-order chi connectivity index (χ1) is 14.1. The highest BCUT2D eigenvalue weighted by Crippen LogP contribution is 2.50. The van der Waals surface area contributed by atoms with E-state index in [9.17, 15) is 0 Å². The average molecular weight is 454 g/mol. The van der Waals surface area contributed by atoms with Crippen molar-refractivity contribution in [3.63, 3.8) is 0 Å². The molecule has 2 aromatic rings. The lowest BCUT2D eigenvalue weighted by Gasteiger charge is -2.46. The number of ether oxygens (including phenoxy) is 1. The molecular formula is C24H28BrN3O. The van der Waals surface area contributed by atoms with E-state index in [4.69, 9.17) is 15.0 Å². The highest BCUT2D eigenvalue weighted by atomic mass is 79.9. The van der Waals surface area contributed by atoms with E-state index in [-0.39, 0.29) is 11.0 Å². The van der Waals surface area contributed by atoms with Gasteiger partial charge in [-0.1, -0.05) is 25.3 Å². The molecule has 0 bridgehead atoms. The van der Waals surface area contributed by atoms with Crippen LogP contribution in [0, 0.1) is 11.3 Å². The molecule has 4 nitrogen and oxygen atoms in total. The standard InChI is InChI=1S/C24H28BrN3O/c25-20-15-19(17-28-21(20)16-26)7-1-3-9-23(22-8-2-6-13-27-22)12-14-29-24(18-23)10-4-5-11-24/h2,6,8,13,15,17H,1,3-5,7,9-12,14,18H2. The van der Waals surface area contributed by atoms with E-state index in [1.807, 2.05) is 24.5 Å². The van der Waals surface area contributed by atoms with Gasteiger partial charge in [-0.25, -0.2) is 4.98 Å². The highest BCUT2D eigenvalue weighted by Gasteiger charge is 2.48. The predicted octanol–water partition coefficient (Wildman–Crippen LogP) is 5.88. The van der Waals surface area contributed by atoms with Crippen molar-refractivity contribution >= 4 is 15.9 Å². The summed E-state index contributed by atoms with van der Waals surface area (Å²) in [5, 5.41) is 9.03. The molecule has 3 heterocycles. The molecule has 1 spiro atoms. The van der Waals surface area contributed by atoms with Crippen molar-refractivity contribution in [3.05, 3.63) is 58.1 Å². The molecule has 4 rings (SSSR count). The van der Waals surface area contributed by atoms with Gasteiger partial charge in [0, 0.05) is 30.1 Å². The third-order valence-corrected chi connectivity index (χ3v) is 7.35. The lowest BCUT2D eigenvalue weighted by Crippen LogP contribution is -2.46. The molecule has 1 saturated carbocycles. The average Bonchev–Trinajstić information content (AvgIpc) is 3.19. The maximum atomic E-state index is 9.03. The van der Waals surface area contributed by atoms with Crippen LogP contribution in [0.25, 0.3) is 0 Å². The minimum absolute atomic E-state index is 0.0810. The first kappa shape index (κ1) is 20.5. The Balaban J connectivity index is 1.44. The Bertz CT molecular complexity index is 873. The molecule has 5 heteroatoms. The second-order valence-electron chi connectivity index (χ2n) is 8.65. The number of aromatic nitrogens is 2. The van der Waals surface area contributed by atoms with Crippen molar-refractivity contribution in [1.82, 2.24) is 9.97 Å². The van der Waals surface area contributed by atoms with Gasteiger partial charge >= 0.3 is 0 Å². The topological polar surface area (TPSA) is 58.8 Å². The molecule has 2 fully saturated rings. The zero-order chi connectivity index (χ0) is 20.2. The summed E-state index contributed by atoms with van der Waals surface area (Å²) in [6, 6.07) is 10.5. The molecule has 0 N–H and O–H groups in total. The summed E-state index contributed by atoms with van der Waals surface area (Å²) >= 11 is 3.45. The second kappa shape index (κ2) is 8.93. The first-order valence-electron chi connectivity index (χ1n) is 10.7. The van der Waals surface area contributed by atoms with E-state index in [1.165, 1.54) is 36.9 Å². The highest BCUT2D eigenvalue weighted by molar-refractivity contribution is 9.10. The minimum atomic E-state index is 0.0810. The number of unbranched alkanes of at least 4 members (excludes halogenated alkanes) is 1. The SMILES string of the molecule is N#Cc1ncc(CCCCC2(c3ccccn3)CCOC3(CCCC3)C2)cc1Br. The summed E-state index contributed by atoms with van der Waals surface area (Å²) in [4.78, 5) is 9.03. The fourth-order valence-electron chi connectivity index (χ4n) is 5.29. The number of nitrogens with zero attached hydrogens (tertiary/aromatic N) is 3. The number of pyridine rings is 2. The van der Waals surface area contributed by atoms with Gasteiger partial charge in [-0.2, -0.15) is 5.26 Å². The van der Waals surface area contributed by atoms with Gasteiger partial charge < -0.3 is 4.74 Å². The summed E-state index contributed by atoms with van der Waals surface area (Å²) in [6.07, 6.45) is 15.3. The Morgan fingerprint density at radius 2 is 2.00 bits per heavy atom. The third-order valence-electron chi connectivity index (χ3n) is 6.75. The third kappa shape index (κ3) is 4.54. The van der Waals surface area contributed by atoms with E-state index >= 15 is 0 Å². The molecule has 2 aromatic heterocycles. The maximum absolute atomic E-state index is 9.03. The van der Waals surface area contributed by atoms with E-state index in [0.29, 0.717) is 5.69 Å². The van der Waals surface area contributed by atoms with Crippen LogP contribution in [-0.4, -0.2) is 22.2 Å². The van der Waals surface area contributed by atoms with Gasteiger partial charge in [0.15, 0.2) is 5.69 Å². The Kier molecular flexibility index (Phi) is 6.32. The monoisotopic (exact) mass is 453 g/mol. The summed E-state index contributed by atoms with van der Waals surface area (Å²) in [5.41, 5.74) is 3.09. The second-order valence-corrected chi connectivity index (χ2v) is 9.51. The van der Waals surface area contributed by atoms with Gasteiger partial charge in [0.25, 0.3) is 0 Å². The van der Waals surface area contributed by atoms with Crippen molar-refractivity contribution in [1.29, 1.82) is 5.26 Å². The molecule has 0 aromatic carbocycles. The van der Waals surface area contributed by atoms with E-state index in [0.717, 1.165) is 49.6 Å². The van der Waals surface area contributed by atoms with Crippen LogP contribution in [0.15, 0.2) is 41.1 Å². The zero-order valence-electron chi connectivity index (χ0n) is 16.9. The number of rotatable bonds is 6. The quantitative estimate of drug-likeness (QED) is 0.511. The van der Waals surface area contributed by atoms with E-state index in [1.54, 1.807) is 0 Å². The van der Waals surface area contributed by atoms with Crippen LogP contribution >= 0.6 is 15.9 Å². The lowest BCUT2D eigenvalue weighted by atomic mass is 9.67. The van der Waals surface area contributed by atoms with Gasteiger partial charge in [-0.15, -0.1) is 0 Å². The van der Waals surface area contributed by atoms with E-state index < -0.39 is 0 Å². The fourth-order valence-corrected chi connectivity index (χ4v) is 5.77. The lowest BCUT2D eigenvalue weighted by molar-refractivity contribution is -0.104. The Labute approximate surface area is 181 Å². The Hall–Kier alpha value is -1.77. The molecule has 1 aliphatic carbocycles. The molecule has 0 radical (unpaired) electrons. The number of aryl methyl sites for hydroxylation is 1. The molecule has 29 heavy (non-hydrogen) atoms. The minimum Gasteiger partial charge on any atom is -0.375 e. The molecule has 2 aliphatic rings. The van der Waals surface area contributed by atoms with Gasteiger partial charge in [0.2, 0.25) is 0 Å². The van der Waals surface area contributed by atoms with Crippen LogP contribution in [0.1, 0.15) is 74.7 Å². The Morgan fingerprint density at radius 3 is 2.72 bits per heavy atom. The molecule has 1 aliphatic heterocycles. The normalized spacial score (nSPS) is 23.2. The van der Waals surface area contributed by atoms with Gasteiger partial charge in [-0.05, 0) is 84.6 Å². The van der Waals surface area contributed by atoms with Gasteiger partial charge in [0.1, 0.15) is 6.07 Å². The molecule has 1 saturated heterocycles. The van der Waals surface area contributed by atoms with Gasteiger partial charge in [0.05, 0.1) is 10.1 Å². The Morgan fingerprint density at radius 1 is 1.14 bits per heavy atom. The van der Waals surface area contributed by atoms with Crippen molar-refractivity contribution in [2.75, 3.05) is 6.61 Å². The first-order valence-corrected chi connectivity index (χ1v) is 11.5. The summed E-state index contributed by atoms with van der Waals surface area (Å²) in [5.74, 6) is 0.